The fourth-order valence-electron chi connectivity index (χ4n) is 6.64. The second kappa shape index (κ2) is 7.67. The van der Waals surface area contributed by atoms with Crippen LogP contribution < -0.4 is 4.90 Å². The molecule has 5 rings (SSSR count). The normalized spacial score (nSPS) is 22.9. The van der Waals surface area contributed by atoms with E-state index in [2.05, 4.69) is 40.6 Å². The number of hydrogen-bond acceptors (Lipinski definition) is 3. The van der Waals surface area contributed by atoms with Crippen molar-refractivity contribution in [2.75, 3.05) is 11.4 Å². The minimum atomic E-state index is 0.263. The van der Waals surface area contributed by atoms with Crippen LogP contribution in [0.25, 0.3) is 0 Å². The molecule has 0 amide bonds. The number of rotatable bonds is 4. The number of para-hydroxylation sites is 1. The largest absolute Gasteiger partial charge is 0.339 e. The zero-order chi connectivity index (χ0) is 19.0. The van der Waals surface area contributed by atoms with E-state index in [0.29, 0.717) is 0 Å². The lowest BCUT2D eigenvalue weighted by atomic mass is 9.57. The number of thiophene rings is 1. The minimum Gasteiger partial charge on any atom is -0.339 e. The standard InChI is InChI=1S/C25H31NOS/c27-17-24-23(15-16-28-24)26-18-25(19-9-3-1-4-10-19,20-11-5-2-6-12-20)21-13-7-8-14-22(21)26/h7-8,13-17,19-20H,1-6,9-12,18H2. The molecule has 0 saturated heterocycles. The summed E-state index contributed by atoms with van der Waals surface area (Å²) in [7, 11) is 0. The Hall–Kier alpha value is -1.61. The molecule has 1 aromatic carbocycles. The predicted octanol–water partition coefficient (Wildman–Crippen LogP) is 7.11. The summed E-state index contributed by atoms with van der Waals surface area (Å²) in [6, 6.07) is 11.3. The first-order valence-electron chi connectivity index (χ1n) is 11.2. The summed E-state index contributed by atoms with van der Waals surface area (Å²) in [5.74, 6) is 1.57. The number of anilines is 2. The van der Waals surface area contributed by atoms with Gasteiger partial charge < -0.3 is 4.90 Å². The number of nitrogens with zero attached hydrogens (tertiary/aromatic N) is 1. The van der Waals surface area contributed by atoms with Gasteiger partial charge >= 0.3 is 0 Å². The summed E-state index contributed by atoms with van der Waals surface area (Å²) in [5.41, 5.74) is 4.33. The molecule has 2 aromatic rings. The van der Waals surface area contributed by atoms with Crippen molar-refractivity contribution in [3.63, 3.8) is 0 Å². The van der Waals surface area contributed by atoms with Crippen molar-refractivity contribution in [1.82, 2.24) is 0 Å². The second-order valence-corrected chi connectivity index (χ2v) is 10.0. The van der Waals surface area contributed by atoms with E-state index >= 15 is 0 Å². The lowest BCUT2D eigenvalue weighted by molar-refractivity contribution is 0.112. The van der Waals surface area contributed by atoms with Gasteiger partial charge in [-0.05, 0) is 60.6 Å². The number of carbonyl (C=O) groups excluding carboxylic acids is 1. The first-order chi connectivity index (χ1) is 13.8. The average Bonchev–Trinajstić information content (AvgIpc) is 3.38. The van der Waals surface area contributed by atoms with Crippen molar-refractivity contribution >= 4 is 29.0 Å². The van der Waals surface area contributed by atoms with Gasteiger partial charge in [0.2, 0.25) is 0 Å². The van der Waals surface area contributed by atoms with Gasteiger partial charge in [-0.2, -0.15) is 0 Å². The summed E-state index contributed by atoms with van der Waals surface area (Å²) in [5, 5.41) is 2.07. The third kappa shape index (κ3) is 2.85. The Morgan fingerprint density at radius 2 is 1.50 bits per heavy atom. The molecule has 2 fully saturated rings. The molecule has 0 radical (unpaired) electrons. The zero-order valence-electron chi connectivity index (χ0n) is 16.7. The molecular weight excluding hydrogens is 362 g/mol. The molecule has 0 unspecified atom stereocenters. The van der Waals surface area contributed by atoms with Crippen LogP contribution in [0.3, 0.4) is 0 Å². The summed E-state index contributed by atoms with van der Waals surface area (Å²) < 4.78 is 0. The van der Waals surface area contributed by atoms with Gasteiger partial charge in [-0.1, -0.05) is 56.7 Å². The van der Waals surface area contributed by atoms with Crippen LogP contribution in [-0.4, -0.2) is 12.8 Å². The van der Waals surface area contributed by atoms with E-state index < -0.39 is 0 Å². The molecule has 3 heteroatoms. The van der Waals surface area contributed by atoms with E-state index in [1.165, 1.54) is 69.9 Å². The van der Waals surface area contributed by atoms with Crippen LogP contribution in [0.4, 0.5) is 11.4 Å². The maximum absolute atomic E-state index is 11.7. The van der Waals surface area contributed by atoms with E-state index in [0.717, 1.165) is 35.2 Å². The van der Waals surface area contributed by atoms with Crippen molar-refractivity contribution in [3.05, 3.63) is 46.2 Å². The monoisotopic (exact) mass is 393 g/mol. The quantitative estimate of drug-likeness (QED) is 0.516. The molecule has 0 bridgehead atoms. The topological polar surface area (TPSA) is 20.3 Å². The van der Waals surface area contributed by atoms with Gasteiger partial charge in [0.15, 0.2) is 6.29 Å². The van der Waals surface area contributed by atoms with Gasteiger partial charge in [0.1, 0.15) is 0 Å². The third-order valence-corrected chi connectivity index (χ3v) is 8.69. The Morgan fingerprint density at radius 3 is 2.14 bits per heavy atom. The minimum absolute atomic E-state index is 0.263. The Morgan fingerprint density at radius 1 is 0.857 bits per heavy atom. The SMILES string of the molecule is O=Cc1sccc1N1CC(C2CCCCC2)(C2CCCCC2)c2ccccc21. The van der Waals surface area contributed by atoms with Crippen LogP contribution in [0, 0.1) is 11.8 Å². The summed E-state index contributed by atoms with van der Waals surface area (Å²) in [6.45, 7) is 1.07. The fourth-order valence-corrected chi connectivity index (χ4v) is 7.34. The smallest absolute Gasteiger partial charge is 0.162 e. The fraction of sp³-hybridized carbons (Fsp3) is 0.560. The first-order valence-corrected chi connectivity index (χ1v) is 12.1. The molecule has 148 valence electrons. The van der Waals surface area contributed by atoms with Crippen molar-refractivity contribution in [2.24, 2.45) is 11.8 Å². The van der Waals surface area contributed by atoms with E-state index in [1.807, 2.05) is 0 Å². The summed E-state index contributed by atoms with van der Waals surface area (Å²) >= 11 is 1.57. The van der Waals surface area contributed by atoms with Crippen LogP contribution in [0.15, 0.2) is 35.7 Å². The molecule has 28 heavy (non-hydrogen) atoms. The number of fused-ring (bicyclic) bond motifs is 1. The highest BCUT2D eigenvalue weighted by Crippen LogP contribution is 2.58. The van der Waals surface area contributed by atoms with Crippen LogP contribution in [0.2, 0.25) is 0 Å². The lowest BCUT2D eigenvalue weighted by Crippen LogP contribution is -2.47. The van der Waals surface area contributed by atoms with Crippen molar-refractivity contribution in [1.29, 1.82) is 0 Å². The van der Waals surface area contributed by atoms with E-state index in [9.17, 15) is 4.79 Å². The summed E-state index contributed by atoms with van der Waals surface area (Å²) in [4.78, 5) is 15.1. The molecule has 3 aliphatic rings. The molecule has 2 saturated carbocycles. The number of carbonyl (C=O) groups is 1. The second-order valence-electron chi connectivity index (χ2n) is 9.10. The van der Waals surface area contributed by atoms with Crippen molar-refractivity contribution in [3.8, 4) is 0 Å². The molecular formula is C25H31NOS. The maximum atomic E-state index is 11.7. The summed E-state index contributed by atoms with van der Waals surface area (Å²) in [6.07, 6.45) is 14.9. The molecule has 2 nitrogen and oxygen atoms in total. The predicted molar refractivity (Wildman–Crippen MR) is 118 cm³/mol. The van der Waals surface area contributed by atoms with Gasteiger partial charge in [0, 0.05) is 17.6 Å². The highest BCUT2D eigenvalue weighted by molar-refractivity contribution is 7.12. The van der Waals surface area contributed by atoms with E-state index in [1.54, 1.807) is 16.9 Å². The molecule has 0 atom stereocenters. The van der Waals surface area contributed by atoms with Crippen molar-refractivity contribution in [2.45, 2.75) is 69.6 Å². The first kappa shape index (κ1) is 18.4. The van der Waals surface area contributed by atoms with Crippen molar-refractivity contribution < 1.29 is 4.79 Å². The van der Waals surface area contributed by atoms with Gasteiger partial charge in [0.25, 0.3) is 0 Å². The van der Waals surface area contributed by atoms with Crippen LogP contribution in [-0.2, 0) is 5.41 Å². The van der Waals surface area contributed by atoms with Crippen LogP contribution >= 0.6 is 11.3 Å². The number of aldehydes is 1. The Labute approximate surface area is 173 Å². The van der Waals surface area contributed by atoms with Gasteiger partial charge in [-0.3, -0.25) is 4.79 Å². The van der Waals surface area contributed by atoms with Crippen LogP contribution in [0.1, 0.15) is 79.4 Å². The average molecular weight is 394 g/mol. The number of hydrogen-bond donors (Lipinski definition) is 0. The molecule has 1 aromatic heterocycles. The zero-order valence-corrected chi connectivity index (χ0v) is 17.6. The van der Waals surface area contributed by atoms with Gasteiger partial charge in [-0.25, -0.2) is 0 Å². The molecule has 1 aliphatic heterocycles. The Kier molecular flexibility index (Phi) is 5.04. The van der Waals surface area contributed by atoms with E-state index in [-0.39, 0.29) is 5.41 Å². The molecule has 2 aliphatic carbocycles. The molecule has 0 N–H and O–H groups in total. The number of benzene rings is 1. The highest BCUT2D eigenvalue weighted by atomic mass is 32.1. The molecule has 2 heterocycles. The van der Waals surface area contributed by atoms with Gasteiger partial charge in [-0.15, -0.1) is 11.3 Å². The Balaban J connectivity index is 1.65. The Bertz CT molecular complexity index is 811. The lowest BCUT2D eigenvalue weighted by Gasteiger charge is -2.47. The van der Waals surface area contributed by atoms with E-state index in [4.69, 9.17) is 0 Å². The highest BCUT2D eigenvalue weighted by Gasteiger charge is 2.53. The maximum Gasteiger partial charge on any atom is 0.162 e. The third-order valence-electron chi connectivity index (χ3n) is 7.85. The molecule has 0 spiro atoms. The van der Waals surface area contributed by atoms with Gasteiger partial charge in [0.05, 0.1) is 10.6 Å². The van der Waals surface area contributed by atoms with Crippen LogP contribution in [0.5, 0.6) is 0 Å².